The summed E-state index contributed by atoms with van der Waals surface area (Å²) < 4.78 is 73.6. The number of nitrogen functional groups attached to an aromatic ring is 1. The monoisotopic (exact) mass is 1070 g/mol. The first kappa shape index (κ1) is 58.6. The van der Waals surface area contributed by atoms with Gasteiger partial charge >= 0.3 is 23.5 Å². The fraction of sp³-hybridized carbons (Fsp3) is 0.750. The van der Waals surface area contributed by atoms with E-state index in [2.05, 4.69) is 34.4 Å². The standard InChI is InChI=1S/C36H60N7O22P3S/c1-19(61-35-23(46)14-22(45)20(2)62-35)7-5-6-8-21(44)13-26(48)69-12-11-38-25(47)9-10-39-33(51)30(50)36(3,4)16-60-68(57,58)65-67(55,56)59-15-24-29(64-66(52,53)54)28(49)34(63-24)43-18-42-27-31(37)40-17-41-32(27)43/h17-20,22-24,28-30,34-35,45-46,49-50H,5-16H2,1-4H3,(H,38,47)(H,39,51)(H,55,56)(H,57,58)(H2,37,40,41)(H2,52,53,54)/t19-,20+,22-,23-,24-,28-,29-,30+,34-,35-/m1/s1. The number of carbonyl (C=O) groups excluding carboxylic acids is 4. The first-order valence-electron chi connectivity index (χ1n) is 21.3. The first-order chi connectivity index (χ1) is 32.1. The maximum Gasteiger partial charge on any atom is 0.481 e. The molecule has 4 heterocycles. The molecule has 0 spiro atoms. The van der Waals surface area contributed by atoms with E-state index in [4.69, 9.17) is 29.0 Å². The normalized spacial score (nSPS) is 25.9. The zero-order valence-electron chi connectivity index (χ0n) is 37.8. The number of unbranched alkanes of at least 4 members (excludes halogenated alkanes) is 1. The fourth-order valence-electron chi connectivity index (χ4n) is 6.71. The molecule has 4 rings (SSSR count). The summed E-state index contributed by atoms with van der Waals surface area (Å²) in [5.41, 5.74) is 4.19. The Morgan fingerprint density at radius 2 is 1.67 bits per heavy atom. The molecular formula is C36H60N7O22P3S. The number of phosphoric ester groups is 3. The van der Waals surface area contributed by atoms with E-state index in [0.717, 1.165) is 29.0 Å². The Hall–Kier alpha value is -2.93. The van der Waals surface area contributed by atoms with Gasteiger partial charge in [0.15, 0.2) is 29.1 Å². The van der Waals surface area contributed by atoms with E-state index in [0.29, 0.717) is 19.3 Å². The maximum atomic E-state index is 12.7. The van der Waals surface area contributed by atoms with E-state index in [1.165, 1.54) is 13.8 Å². The second-order valence-corrected chi connectivity index (χ2v) is 22.2. The summed E-state index contributed by atoms with van der Waals surface area (Å²) in [6.07, 6.45) is -8.67. The second kappa shape index (κ2) is 25.6. The minimum absolute atomic E-state index is 0.0162. The third kappa shape index (κ3) is 18.6. The molecule has 2 saturated heterocycles. The number of rotatable bonds is 28. The zero-order chi connectivity index (χ0) is 51.5. The average molecular weight is 1070 g/mol. The molecule has 2 aromatic rings. The number of phosphoric acid groups is 3. The lowest BCUT2D eigenvalue weighted by Crippen LogP contribution is -2.48. The van der Waals surface area contributed by atoms with Gasteiger partial charge in [0.25, 0.3) is 0 Å². The lowest BCUT2D eigenvalue weighted by Gasteiger charge is -2.36. The Labute approximate surface area is 398 Å². The number of ether oxygens (including phenoxy) is 3. The molecule has 29 nitrogen and oxygen atoms in total. The molecule has 0 radical (unpaired) electrons. The van der Waals surface area contributed by atoms with E-state index in [9.17, 15) is 72.9 Å². The highest BCUT2D eigenvalue weighted by Gasteiger charge is 2.50. The number of anilines is 1. The number of fused-ring (bicyclic) bond motifs is 1. The highest BCUT2D eigenvalue weighted by atomic mass is 32.2. The maximum absolute atomic E-state index is 12.7. The van der Waals surface area contributed by atoms with Gasteiger partial charge in [0.05, 0.1) is 44.3 Å². The topological polar surface area (TPSA) is 440 Å². The first-order valence-corrected chi connectivity index (χ1v) is 26.8. The van der Waals surface area contributed by atoms with Crippen LogP contribution in [0.15, 0.2) is 12.7 Å². The summed E-state index contributed by atoms with van der Waals surface area (Å²) in [6.45, 7) is 3.67. The minimum atomic E-state index is -5.61. The number of aliphatic hydroxyl groups is 4. The molecule has 0 aliphatic carbocycles. The van der Waals surface area contributed by atoms with Gasteiger partial charge in [-0.1, -0.05) is 32.0 Å². The third-order valence-electron chi connectivity index (χ3n) is 10.5. The van der Waals surface area contributed by atoms with Crippen LogP contribution in [0.25, 0.3) is 11.2 Å². The van der Waals surface area contributed by atoms with Crippen molar-refractivity contribution in [2.75, 3.05) is 37.8 Å². The summed E-state index contributed by atoms with van der Waals surface area (Å²) >= 11 is 0.866. The number of nitrogens with zero attached hydrogens (tertiary/aromatic N) is 4. The molecule has 2 aliphatic rings. The molecule has 33 heteroatoms. The van der Waals surface area contributed by atoms with E-state index in [-0.39, 0.29) is 78.5 Å². The number of nitrogens with one attached hydrogen (secondary N) is 2. The highest BCUT2D eigenvalue weighted by Crippen LogP contribution is 2.61. The quantitative estimate of drug-likeness (QED) is 0.0289. The minimum Gasteiger partial charge on any atom is -0.390 e. The van der Waals surface area contributed by atoms with Crippen LogP contribution in [0, 0.1) is 5.41 Å². The number of thioether (sulfide) groups is 1. The van der Waals surface area contributed by atoms with Crippen molar-refractivity contribution in [1.82, 2.24) is 30.2 Å². The van der Waals surface area contributed by atoms with E-state index >= 15 is 0 Å². The molecule has 392 valence electrons. The van der Waals surface area contributed by atoms with Crippen molar-refractivity contribution in [2.24, 2.45) is 5.41 Å². The predicted octanol–water partition coefficient (Wildman–Crippen LogP) is -0.554. The highest BCUT2D eigenvalue weighted by molar-refractivity contribution is 8.13. The van der Waals surface area contributed by atoms with Crippen molar-refractivity contribution in [2.45, 2.75) is 134 Å². The van der Waals surface area contributed by atoms with Gasteiger partial charge in [-0.05, 0) is 26.7 Å². The summed E-state index contributed by atoms with van der Waals surface area (Å²) in [4.78, 5) is 101. The molecule has 2 aliphatic heterocycles. The van der Waals surface area contributed by atoms with Crippen LogP contribution in [-0.2, 0) is 65.0 Å². The lowest BCUT2D eigenvalue weighted by atomic mass is 9.87. The number of amides is 2. The number of imidazole rings is 1. The van der Waals surface area contributed by atoms with Crippen molar-refractivity contribution in [3.63, 3.8) is 0 Å². The molecule has 0 aromatic carbocycles. The zero-order valence-corrected chi connectivity index (χ0v) is 41.3. The Bertz CT molecular complexity index is 2220. The van der Waals surface area contributed by atoms with Crippen LogP contribution >= 0.6 is 35.2 Å². The molecule has 2 fully saturated rings. The average Bonchev–Trinajstić information content (AvgIpc) is 3.81. The van der Waals surface area contributed by atoms with Gasteiger partial charge in [-0.25, -0.2) is 28.6 Å². The number of aliphatic hydroxyl groups excluding tert-OH is 4. The molecule has 69 heavy (non-hydrogen) atoms. The van der Waals surface area contributed by atoms with Crippen LogP contribution in [0.2, 0.25) is 0 Å². The van der Waals surface area contributed by atoms with E-state index in [1.54, 1.807) is 6.92 Å². The summed E-state index contributed by atoms with van der Waals surface area (Å²) in [6, 6.07) is 0. The largest absolute Gasteiger partial charge is 0.481 e. The molecule has 12 N–H and O–H groups in total. The Kier molecular flexibility index (Phi) is 21.8. The number of aromatic nitrogens is 4. The molecular weight excluding hydrogens is 1010 g/mol. The molecule has 2 aromatic heterocycles. The molecule has 12 atom stereocenters. The number of nitrogens with two attached hydrogens (primary N) is 1. The smallest absolute Gasteiger partial charge is 0.390 e. The van der Waals surface area contributed by atoms with Crippen molar-refractivity contribution < 1.29 is 105 Å². The predicted molar refractivity (Wildman–Crippen MR) is 237 cm³/mol. The lowest BCUT2D eigenvalue weighted by molar-refractivity contribution is -0.273. The van der Waals surface area contributed by atoms with Crippen molar-refractivity contribution in [3.05, 3.63) is 12.7 Å². The van der Waals surface area contributed by atoms with Crippen LogP contribution in [0.5, 0.6) is 0 Å². The number of hydrogen-bond donors (Lipinski definition) is 11. The molecule has 0 saturated carbocycles. The number of Topliss-reactive ketones (excluding diaryl/α,β-unsaturated/α-hetero) is 1. The fourth-order valence-corrected chi connectivity index (χ4v) is 10.2. The molecule has 2 amide bonds. The van der Waals surface area contributed by atoms with Gasteiger partial charge < -0.3 is 70.6 Å². The van der Waals surface area contributed by atoms with Gasteiger partial charge in [-0.15, -0.1) is 0 Å². The summed E-state index contributed by atoms with van der Waals surface area (Å²) in [5.74, 6) is -1.67. The van der Waals surface area contributed by atoms with Gasteiger partial charge in [-0.2, -0.15) is 4.31 Å². The SMILES string of the molecule is C[C@H](CCCCC(=O)CC(=O)SCCNC(=O)CCNC(=O)[C@H](O)C(C)(C)COP(=O)(O)OP(=O)(O)OC[C@H]1O[C@@H](n2cnc3c(N)ncnc32)[C@H](O)[C@@H]1OP(=O)(O)O)O[C@@H]1O[C@@H](C)[C@H](O)C[C@H]1O. The summed E-state index contributed by atoms with van der Waals surface area (Å²) in [5, 5.41) is 45.9. The Morgan fingerprint density at radius 3 is 2.36 bits per heavy atom. The Balaban J connectivity index is 1.10. The van der Waals surface area contributed by atoms with Crippen molar-refractivity contribution in [3.8, 4) is 0 Å². The van der Waals surface area contributed by atoms with Crippen LogP contribution in [-0.4, -0.2) is 169 Å². The number of ketones is 1. The van der Waals surface area contributed by atoms with E-state index in [1.807, 2.05) is 6.92 Å². The number of carbonyl (C=O) groups is 4. The van der Waals surface area contributed by atoms with Gasteiger partial charge in [-0.3, -0.25) is 37.3 Å². The number of hydrogen-bond acceptors (Lipinski definition) is 23. The van der Waals surface area contributed by atoms with Crippen LogP contribution < -0.4 is 16.4 Å². The second-order valence-electron chi connectivity index (χ2n) is 16.8. The van der Waals surface area contributed by atoms with Crippen molar-refractivity contribution in [1.29, 1.82) is 0 Å². The van der Waals surface area contributed by atoms with Crippen LogP contribution in [0.3, 0.4) is 0 Å². The van der Waals surface area contributed by atoms with Gasteiger partial charge in [0.2, 0.25) is 11.8 Å². The van der Waals surface area contributed by atoms with Crippen LogP contribution in [0.1, 0.15) is 78.9 Å². The third-order valence-corrected chi connectivity index (χ3v) is 14.5. The molecule has 0 bridgehead atoms. The van der Waals surface area contributed by atoms with Gasteiger partial charge in [0, 0.05) is 43.5 Å². The molecule has 2 unspecified atom stereocenters. The summed E-state index contributed by atoms with van der Waals surface area (Å²) in [7, 11) is -16.5. The van der Waals surface area contributed by atoms with Crippen molar-refractivity contribution >= 4 is 74.9 Å². The van der Waals surface area contributed by atoms with Gasteiger partial charge in [0.1, 0.15) is 48.1 Å². The van der Waals surface area contributed by atoms with Crippen LogP contribution in [0.4, 0.5) is 5.82 Å². The van der Waals surface area contributed by atoms with E-state index < -0.39 is 109 Å². The Morgan fingerprint density at radius 1 is 0.971 bits per heavy atom.